The summed E-state index contributed by atoms with van der Waals surface area (Å²) in [7, 11) is 0. The number of hydrogen-bond donors (Lipinski definition) is 1. The molecule has 0 aromatic heterocycles. The predicted molar refractivity (Wildman–Crippen MR) is 82.4 cm³/mol. The quantitative estimate of drug-likeness (QED) is 0.634. The van der Waals surface area contributed by atoms with E-state index in [4.69, 9.17) is 44.3 Å². The minimum absolute atomic E-state index is 0.233. The SMILES string of the molecule is CC(=O)Nc1cc2c(cc1Cl)Oc1cc(Cl)c(Cl)cc1O2. The Balaban J connectivity index is 2.03. The van der Waals surface area contributed by atoms with Gasteiger partial charge in [0.1, 0.15) is 0 Å². The molecule has 7 heteroatoms. The number of carbonyl (C=O) groups excluding carboxylic acids is 1. The van der Waals surface area contributed by atoms with Crippen LogP contribution in [0.2, 0.25) is 15.1 Å². The van der Waals surface area contributed by atoms with Gasteiger partial charge in [-0.25, -0.2) is 0 Å². The van der Waals surface area contributed by atoms with E-state index in [0.29, 0.717) is 43.8 Å². The van der Waals surface area contributed by atoms with Crippen molar-refractivity contribution in [2.45, 2.75) is 6.92 Å². The van der Waals surface area contributed by atoms with Gasteiger partial charge in [-0.15, -0.1) is 0 Å². The van der Waals surface area contributed by atoms with Gasteiger partial charge in [-0.3, -0.25) is 4.79 Å². The Hall–Kier alpha value is -1.62. The summed E-state index contributed by atoms with van der Waals surface area (Å²) >= 11 is 18.0. The van der Waals surface area contributed by atoms with Gasteiger partial charge in [0.05, 0.1) is 20.8 Å². The summed E-state index contributed by atoms with van der Waals surface area (Å²) in [5, 5.41) is 3.68. The summed E-state index contributed by atoms with van der Waals surface area (Å²) in [5.74, 6) is 1.51. The van der Waals surface area contributed by atoms with E-state index in [-0.39, 0.29) is 5.91 Å². The van der Waals surface area contributed by atoms with Gasteiger partial charge in [-0.1, -0.05) is 34.8 Å². The fraction of sp³-hybridized carbons (Fsp3) is 0.0714. The zero-order chi connectivity index (χ0) is 15.1. The first-order valence-electron chi connectivity index (χ1n) is 5.90. The number of amides is 1. The summed E-state index contributed by atoms with van der Waals surface area (Å²) in [4.78, 5) is 11.1. The average molecular weight is 345 g/mol. The van der Waals surface area contributed by atoms with E-state index in [1.165, 1.54) is 6.92 Å². The molecule has 0 bridgehead atoms. The van der Waals surface area contributed by atoms with Crippen LogP contribution in [-0.2, 0) is 4.79 Å². The van der Waals surface area contributed by atoms with Gasteiger partial charge in [0, 0.05) is 31.2 Å². The monoisotopic (exact) mass is 343 g/mol. The molecular formula is C14H8Cl3NO3. The molecule has 0 radical (unpaired) electrons. The molecular weight excluding hydrogens is 337 g/mol. The Bertz CT molecular complexity index is 762. The van der Waals surface area contributed by atoms with E-state index in [2.05, 4.69) is 5.32 Å². The van der Waals surface area contributed by atoms with Crippen molar-refractivity contribution in [3.05, 3.63) is 39.3 Å². The van der Waals surface area contributed by atoms with Crippen molar-refractivity contribution in [3.63, 3.8) is 0 Å². The highest BCUT2D eigenvalue weighted by Crippen LogP contribution is 2.49. The van der Waals surface area contributed by atoms with Crippen molar-refractivity contribution in [1.82, 2.24) is 0 Å². The van der Waals surface area contributed by atoms with Crippen LogP contribution in [0, 0.1) is 0 Å². The lowest BCUT2D eigenvalue weighted by atomic mass is 10.2. The van der Waals surface area contributed by atoms with Crippen molar-refractivity contribution >= 4 is 46.4 Å². The molecule has 0 atom stereocenters. The molecule has 1 aliphatic rings. The van der Waals surface area contributed by atoms with Crippen LogP contribution in [-0.4, -0.2) is 5.91 Å². The molecule has 3 rings (SSSR count). The number of carbonyl (C=O) groups is 1. The first-order valence-corrected chi connectivity index (χ1v) is 7.03. The van der Waals surface area contributed by atoms with Crippen molar-refractivity contribution in [2.75, 3.05) is 5.32 Å². The molecule has 0 fully saturated rings. The second-order valence-corrected chi connectivity index (χ2v) is 5.60. The molecule has 0 saturated carbocycles. The fourth-order valence-corrected chi connectivity index (χ4v) is 2.40. The van der Waals surface area contributed by atoms with Crippen LogP contribution < -0.4 is 14.8 Å². The molecule has 1 heterocycles. The number of benzene rings is 2. The van der Waals surface area contributed by atoms with E-state index < -0.39 is 0 Å². The first kappa shape index (κ1) is 14.3. The molecule has 2 aromatic carbocycles. The molecule has 1 amide bonds. The smallest absolute Gasteiger partial charge is 0.221 e. The standard InChI is InChI=1S/C14H8Cl3NO3/c1-6(19)18-10-5-14-13(4-9(10)17)20-11-2-7(15)8(16)3-12(11)21-14/h2-5H,1H3,(H,18,19). The molecule has 21 heavy (non-hydrogen) atoms. The lowest BCUT2D eigenvalue weighted by Crippen LogP contribution is -2.07. The number of nitrogens with one attached hydrogen (secondary N) is 1. The molecule has 4 nitrogen and oxygen atoms in total. The third kappa shape index (κ3) is 2.75. The molecule has 1 aliphatic heterocycles. The van der Waals surface area contributed by atoms with Crippen LogP contribution in [0.1, 0.15) is 6.92 Å². The molecule has 0 aliphatic carbocycles. The Morgan fingerprint density at radius 1 is 0.857 bits per heavy atom. The number of halogens is 3. The van der Waals surface area contributed by atoms with Gasteiger partial charge in [0.25, 0.3) is 0 Å². The molecule has 0 unspecified atom stereocenters. The molecule has 108 valence electrons. The van der Waals surface area contributed by atoms with E-state index in [1.54, 1.807) is 24.3 Å². The number of rotatable bonds is 1. The van der Waals surface area contributed by atoms with Crippen LogP contribution in [0.15, 0.2) is 24.3 Å². The number of fused-ring (bicyclic) bond motifs is 2. The van der Waals surface area contributed by atoms with Crippen molar-refractivity contribution < 1.29 is 14.3 Å². The number of ether oxygens (including phenoxy) is 2. The molecule has 1 N–H and O–H groups in total. The highest BCUT2D eigenvalue weighted by Gasteiger charge is 2.22. The van der Waals surface area contributed by atoms with Crippen LogP contribution in [0.3, 0.4) is 0 Å². The Kier molecular flexibility index (Phi) is 3.61. The number of hydrogen-bond acceptors (Lipinski definition) is 3. The van der Waals surface area contributed by atoms with Crippen molar-refractivity contribution in [1.29, 1.82) is 0 Å². The topological polar surface area (TPSA) is 47.6 Å². The van der Waals surface area contributed by atoms with Gasteiger partial charge in [0.2, 0.25) is 5.91 Å². The fourth-order valence-electron chi connectivity index (χ4n) is 1.89. The Morgan fingerprint density at radius 3 is 1.76 bits per heavy atom. The lowest BCUT2D eigenvalue weighted by molar-refractivity contribution is -0.114. The highest BCUT2D eigenvalue weighted by atomic mass is 35.5. The third-order valence-electron chi connectivity index (χ3n) is 2.77. The molecule has 0 spiro atoms. The maximum Gasteiger partial charge on any atom is 0.221 e. The predicted octanol–water partition coefficient (Wildman–Crippen LogP) is 5.50. The Morgan fingerprint density at radius 2 is 1.29 bits per heavy atom. The van der Waals surface area contributed by atoms with Crippen LogP contribution in [0.4, 0.5) is 5.69 Å². The second-order valence-electron chi connectivity index (χ2n) is 4.38. The van der Waals surface area contributed by atoms with Crippen LogP contribution in [0.5, 0.6) is 23.0 Å². The first-order chi connectivity index (χ1) is 9.94. The van der Waals surface area contributed by atoms with Gasteiger partial charge in [-0.05, 0) is 0 Å². The highest BCUT2D eigenvalue weighted by molar-refractivity contribution is 6.42. The van der Waals surface area contributed by atoms with E-state index in [0.717, 1.165) is 0 Å². The third-order valence-corrected chi connectivity index (χ3v) is 3.81. The summed E-state index contributed by atoms with van der Waals surface area (Å²) in [6, 6.07) is 6.28. The normalized spacial score (nSPS) is 11.8. The summed E-state index contributed by atoms with van der Waals surface area (Å²) < 4.78 is 11.4. The van der Waals surface area contributed by atoms with Crippen molar-refractivity contribution in [2.24, 2.45) is 0 Å². The summed E-state index contributed by atoms with van der Waals surface area (Å²) in [6.45, 7) is 1.39. The number of anilines is 1. The largest absolute Gasteiger partial charge is 0.449 e. The average Bonchev–Trinajstić information content (AvgIpc) is 2.39. The maximum atomic E-state index is 11.1. The lowest BCUT2D eigenvalue weighted by Gasteiger charge is -2.22. The van der Waals surface area contributed by atoms with Crippen molar-refractivity contribution in [3.8, 4) is 23.0 Å². The zero-order valence-corrected chi connectivity index (χ0v) is 12.9. The van der Waals surface area contributed by atoms with E-state index in [1.807, 2.05) is 0 Å². The second kappa shape index (κ2) is 5.30. The van der Waals surface area contributed by atoms with E-state index >= 15 is 0 Å². The van der Waals surface area contributed by atoms with E-state index in [9.17, 15) is 4.79 Å². The van der Waals surface area contributed by atoms with Gasteiger partial charge in [-0.2, -0.15) is 0 Å². The summed E-state index contributed by atoms with van der Waals surface area (Å²) in [5.41, 5.74) is 0.440. The van der Waals surface area contributed by atoms with Gasteiger partial charge in [0.15, 0.2) is 23.0 Å². The van der Waals surface area contributed by atoms with Crippen LogP contribution >= 0.6 is 34.8 Å². The van der Waals surface area contributed by atoms with Crippen LogP contribution in [0.25, 0.3) is 0 Å². The maximum absolute atomic E-state index is 11.1. The zero-order valence-electron chi connectivity index (χ0n) is 10.7. The van der Waals surface area contributed by atoms with Gasteiger partial charge >= 0.3 is 0 Å². The summed E-state index contributed by atoms with van der Waals surface area (Å²) in [6.07, 6.45) is 0. The Labute approximate surface area is 135 Å². The minimum atomic E-state index is -0.233. The minimum Gasteiger partial charge on any atom is -0.449 e. The molecule has 2 aromatic rings. The molecule has 0 saturated heterocycles. The van der Waals surface area contributed by atoms with Gasteiger partial charge < -0.3 is 14.8 Å².